The molecule has 0 fully saturated rings. The van der Waals surface area contributed by atoms with Crippen molar-refractivity contribution in [2.45, 2.75) is 6.92 Å². The lowest BCUT2D eigenvalue weighted by molar-refractivity contribution is -0.385. The molecule has 2 N–H and O–H groups in total. The first kappa shape index (κ1) is 13.0. The smallest absolute Gasteiger partial charge is 0.278 e. The first-order valence-corrected chi connectivity index (χ1v) is 5.31. The molecule has 0 bridgehead atoms. The molecule has 0 spiro atoms. The third kappa shape index (κ3) is 3.49. The molecular formula is C10H12N4O2S. The van der Waals surface area contributed by atoms with Crippen molar-refractivity contribution < 1.29 is 4.92 Å². The monoisotopic (exact) mass is 252 g/mol. The predicted octanol–water partition coefficient (Wildman–Crippen LogP) is 1.49. The van der Waals surface area contributed by atoms with E-state index in [1.54, 1.807) is 18.2 Å². The molecule has 0 aliphatic rings. The highest BCUT2D eigenvalue weighted by Crippen LogP contribution is 2.15. The van der Waals surface area contributed by atoms with Gasteiger partial charge in [-0.15, -0.1) is 0 Å². The van der Waals surface area contributed by atoms with Crippen LogP contribution in [0.15, 0.2) is 29.4 Å². The molecule has 7 heteroatoms. The summed E-state index contributed by atoms with van der Waals surface area (Å²) in [6.45, 7) is 2.34. The van der Waals surface area contributed by atoms with E-state index in [0.717, 1.165) is 0 Å². The summed E-state index contributed by atoms with van der Waals surface area (Å²) >= 11 is 4.77. The average Bonchev–Trinajstić information content (AvgIpc) is 2.29. The lowest BCUT2D eigenvalue weighted by Gasteiger charge is -2.13. The largest absolute Gasteiger partial charge is 0.375 e. The minimum Gasteiger partial charge on any atom is -0.375 e. The number of thiocarbonyl (C=S) groups is 1. The Balaban J connectivity index is 2.98. The van der Waals surface area contributed by atoms with Gasteiger partial charge >= 0.3 is 0 Å². The molecule has 6 nitrogen and oxygen atoms in total. The molecule has 0 radical (unpaired) electrons. The van der Waals surface area contributed by atoms with Crippen molar-refractivity contribution in [2.24, 2.45) is 10.8 Å². The van der Waals surface area contributed by atoms with E-state index in [4.69, 9.17) is 18.0 Å². The first-order chi connectivity index (χ1) is 8.06. The van der Waals surface area contributed by atoms with Crippen molar-refractivity contribution >= 4 is 29.2 Å². The molecule has 1 aromatic carbocycles. The summed E-state index contributed by atoms with van der Waals surface area (Å²) < 4.78 is 0. The Hall–Kier alpha value is -2.02. The van der Waals surface area contributed by atoms with Crippen LogP contribution in [0.4, 0.5) is 5.69 Å². The topological polar surface area (TPSA) is 84.8 Å². The van der Waals surface area contributed by atoms with Gasteiger partial charge in [0.25, 0.3) is 5.69 Å². The zero-order valence-corrected chi connectivity index (χ0v) is 10.1. The highest BCUT2D eigenvalue weighted by molar-refractivity contribution is 7.80. The highest BCUT2D eigenvalue weighted by Gasteiger charge is 2.10. The summed E-state index contributed by atoms with van der Waals surface area (Å²) in [7, 11) is 0. The zero-order valence-electron chi connectivity index (χ0n) is 9.24. The lowest BCUT2D eigenvalue weighted by Crippen LogP contribution is -2.30. The van der Waals surface area contributed by atoms with Crippen molar-refractivity contribution in [3.05, 3.63) is 39.9 Å². The fraction of sp³-hybridized carbons (Fsp3) is 0.200. The summed E-state index contributed by atoms with van der Waals surface area (Å²) in [4.78, 5) is 10.3. The predicted molar refractivity (Wildman–Crippen MR) is 69.9 cm³/mol. The Kier molecular flexibility index (Phi) is 4.53. The van der Waals surface area contributed by atoms with Crippen molar-refractivity contribution in [1.29, 1.82) is 0 Å². The molecule has 1 aromatic rings. The molecule has 90 valence electrons. The van der Waals surface area contributed by atoms with Gasteiger partial charge in [0.2, 0.25) is 0 Å². The van der Waals surface area contributed by atoms with E-state index in [-0.39, 0.29) is 10.8 Å². The van der Waals surface area contributed by atoms with Gasteiger partial charge in [0.15, 0.2) is 5.11 Å². The van der Waals surface area contributed by atoms with Crippen molar-refractivity contribution in [2.75, 3.05) is 6.54 Å². The number of nitrogens with zero attached hydrogens (tertiary/aromatic N) is 3. The van der Waals surface area contributed by atoms with Crippen LogP contribution in [0, 0.1) is 10.1 Å². The Morgan fingerprint density at radius 3 is 2.82 bits per heavy atom. The number of benzene rings is 1. The third-order valence-corrected chi connectivity index (χ3v) is 2.23. The van der Waals surface area contributed by atoms with Gasteiger partial charge in [0, 0.05) is 12.6 Å². The maximum atomic E-state index is 10.7. The summed E-state index contributed by atoms with van der Waals surface area (Å²) in [5, 5.41) is 16.3. The van der Waals surface area contributed by atoms with E-state index in [0.29, 0.717) is 12.1 Å². The maximum absolute atomic E-state index is 10.7. The van der Waals surface area contributed by atoms with Crippen LogP contribution < -0.4 is 5.73 Å². The van der Waals surface area contributed by atoms with Gasteiger partial charge in [-0.05, 0) is 25.2 Å². The summed E-state index contributed by atoms with van der Waals surface area (Å²) in [5.41, 5.74) is 5.82. The standard InChI is InChI=1S/C10H12N4O2S/c1-2-13(10(11)17)12-7-8-5-3-4-6-9(8)14(15)16/h3-7H,2H2,1H3,(H2,11,17)/b12-7+. The highest BCUT2D eigenvalue weighted by atomic mass is 32.1. The molecule has 0 aliphatic carbocycles. The van der Waals surface area contributed by atoms with Gasteiger partial charge in [0.05, 0.1) is 16.7 Å². The minimum atomic E-state index is -0.460. The zero-order chi connectivity index (χ0) is 12.8. The van der Waals surface area contributed by atoms with Crippen molar-refractivity contribution in [3.8, 4) is 0 Å². The number of nitro groups is 1. The van der Waals surface area contributed by atoms with Crippen LogP contribution in [0.1, 0.15) is 12.5 Å². The Bertz CT molecular complexity index is 461. The van der Waals surface area contributed by atoms with Crippen LogP contribution in [0.25, 0.3) is 0 Å². The molecule has 0 saturated heterocycles. The van der Waals surface area contributed by atoms with E-state index in [9.17, 15) is 10.1 Å². The van der Waals surface area contributed by atoms with Gasteiger partial charge in [-0.3, -0.25) is 10.1 Å². The maximum Gasteiger partial charge on any atom is 0.278 e. The second kappa shape index (κ2) is 5.90. The van der Waals surface area contributed by atoms with Gasteiger partial charge in [0.1, 0.15) is 0 Å². The second-order valence-electron chi connectivity index (χ2n) is 3.11. The Morgan fingerprint density at radius 1 is 1.65 bits per heavy atom. The minimum absolute atomic E-state index is 0.00440. The van der Waals surface area contributed by atoms with Crippen LogP contribution in [0.3, 0.4) is 0 Å². The van der Waals surface area contributed by atoms with Gasteiger partial charge < -0.3 is 5.73 Å². The molecule has 0 aromatic heterocycles. The summed E-state index contributed by atoms with van der Waals surface area (Å²) in [6.07, 6.45) is 1.38. The van der Waals surface area contributed by atoms with Crippen molar-refractivity contribution in [1.82, 2.24) is 5.01 Å². The molecule has 17 heavy (non-hydrogen) atoms. The fourth-order valence-corrected chi connectivity index (χ4v) is 1.37. The van der Waals surface area contributed by atoms with Crippen LogP contribution in [-0.4, -0.2) is 27.8 Å². The van der Waals surface area contributed by atoms with Gasteiger partial charge in [-0.25, -0.2) is 5.01 Å². The lowest BCUT2D eigenvalue weighted by atomic mass is 10.2. The molecule has 0 heterocycles. The number of hydrogen-bond donors (Lipinski definition) is 1. The van der Waals surface area contributed by atoms with E-state index in [2.05, 4.69) is 5.10 Å². The molecule has 0 saturated carbocycles. The number of hydrazone groups is 1. The van der Waals surface area contributed by atoms with E-state index in [1.165, 1.54) is 17.3 Å². The molecule has 0 aliphatic heterocycles. The van der Waals surface area contributed by atoms with Crippen LogP contribution >= 0.6 is 12.2 Å². The van der Waals surface area contributed by atoms with E-state index < -0.39 is 4.92 Å². The number of hydrogen-bond acceptors (Lipinski definition) is 4. The number of para-hydroxylation sites is 1. The Morgan fingerprint density at radius 2 is 2.29 bits per heavy atom. The molecule has 0 atom stereocenters. The number of nitro benzene ring substituents is 1. The molecular weight excluding hydrogens is 240 g/mol. The summed E-state index contributed by atoms with van der Waals surface area (Å²) in [6, 6.07) is 6.32. The van der Waals surface area contributed by atoms with E-state index >= 15 is 0 Å². The van der Waals surface area contributed by atoms with Crippen molar-refractivity contribution in [3.63, 3.8) is 0 Å². The van der Waals surface area contributed by atoms with Crippen LogP contribution in [0.5, 0.6) is 0 Å². The SMILES string of the molecule is CCN(/N=C/c1ccccc1[N+](=O)[O-])C(N)=S. The fourth-order valence-electron chi connectivity index (χ4n) is 1.19. The molecule has 0 unspecified atom stereocenters. The molecule has 0 amide bonds. The first-order valence-electron chi connectivity index (χ1n) is 4.90. The average molecular weight is 252 g/mol. The summed E-state index contributed by atoms with van der Waals surface area (Å²) in [5.74, 6) is 0. The van der Waals surface area contributed by atoms with Crippen LogP contribution in [-0.2, 0) is 0 Å². The van der Waals surface area contributed by atoms with Gasteiger partial charge in [-0.2, -0.15) is 5.10 Å². The quantitative estimate of drug-likeness (QED) is 0.380. The molecule has 1 rings (SSSR count). The number of nitrogens with two attached hydrogens (primary N) is 1. The normalized spacial score (nSPS) is 10.4. The Labute approximate surface area is 104 Å². The number of rotatable bonds is 4. The van der Waals surface area contributed by atoms with Gasteiger partial charge in [-0.1, -0.05) is 12.1 Å². The van der Waals surface area contributed by atoms with E-state index in [1.807, 2.05) is 6.92 Å². The van der Waals surface area contributed by atoms with Crippen LogP contribution in [0.2, 0.25) is 0 Å². The second-order valence-corrected chi connectivity index (χ2v) is 3.53. The third-order valence-electron chi connectivity index (χ3n) is 2.02.